The fraction of sp³-hybridized carbons (Fsp3) is 0.385. The Bertz CT molecular complexity index is 632. The monoisotopic (exact) mass is 261 g/mol. The first kappa shape index (κ1) is 11.6. The van der Waals surface area contributed by atoms with Crippen LogP contribution in [0.2, 0.25) is 0 Å². The van der Waals surface area contributed by atoms with Crippen LogP contribution in [0.3, 0.4) is 0 Å². The predicted molar refractivity (Wildman–Crippen MR) is 74.0 cm³/mol. The van der Waals surface area contributed by atoms with E-state index in [1.165, 1.54) is 0 Å². The van der Waals surface area contributed by atoms with Crippen LogP contribution in [0.4, 0.5) is 5.82 Å². The van der Waals surface area contributed by atoms with Crippen molar-refractivity contribution in [2.45, 2.75) is 25.5 Å². The van der Waals surface area contributed by atoms with Gasteiger partial charge in [0.2, 0.25) is 4.77 Å². The summed E-state index contributed by atoms with van der Waals surface area (Å²) in [5, 5.41) is 0.948. The van der Waals surface area contributed by atoms with E-state index >= 15 is 0 Å². The highest BCUT2D eigenvalue weighted by atomic mass is 32.1. The summed E-state index contributed by atoms with van der Waals surface area (Å²) in [5.41, 5.74) is 7.05. The minimum atomic E-state index is 0.210. The number of ether oxygens (including phenoxy) is 1. The third-order valence-corrected chi connectivity index (χ3v) is 3.64. The molecule has 1 aliphatic heterocycles. The Kier molecular flexibility index (Phi) is 3.01. The normalized spacial score (nSPS) is 19.4. The number of hydrogen-bond acceptors (Lipinski definition) is 4. The average Bonchev–Trinajstić information content (AvgIpc) is 2.87. The number of benzene rings is 1. The number of nitrogen functional groups attached to an aromatic ring is 1. The third kappa shape index (κ3) is 2.00. The van der Waals surface area contributed by atoms with E-state index < -0.39 is 0 Å². The van der Waals surface area contributed by atoms with Crippen molar-refractivity contribution in [2.75, 3.05) is 12.3 Å². The Labute approximate surface area is 110 Å². The van der Waals surface area contributed by atoms with E-state index in [0.29, 0.717) is 17.1 Å². The minimum absolute atomic E-state index is 0.210. The zero-order chi connectivity index (χ0) is 12.5. The molecule has 4 nitrogen and oxygen atoms in total. The molecule has 5 heteroatoms. The Hall–Kier alpha value is -1.46. The lowest BCUT2D eigenvalue weighted by Crippen LogP contribution is -2.19. The van der Waals surface area contributed by atoms with Crippen LogP contribution in [0.5, 0.6) is 0 Å². The summed E-state index contributed by atoms with van der Waals surface area (Å²) in [4.78, 5) is 4.42. The lowest BCUT2D eigenvalue weighted by atomic mass is 10.2. The second-order valence-electron chi connectivity index (χ2n) is 4.54. The topological polar surface area (TPSA) is 53.1 Å². The highest BCUT2D eigenvalue weighted by molar-refractivity contribution is 7.71. The fourth-order valence-corrected chi connectivity index (χ4v) is 2.64. The minimum Gasteiger partial charge on any atom is -0.384 e. The summed E-state index contributed by atoms with van der Waals surface area (Å²) < 4.78 is 8.04. The molecule has 0 aliphatic carbocycles. The van der Waals surface area contributed by atoms with E-state index in [4.69, 9.17) is 22.7 Å². The third-order valence-electron chi connectivity index (χ3n) is 3.33. The van der Waals surface area contributed by atoms with Gasteiger partial charge in [0.05, 0.1) is 18.2 Å². The van der Waals surface area contributed by atoms with Gasteiger partial charge in [0.25, 0.3) is 0 Å². The Balaban J connectivity index is 2.07. The molecule has 0 bridgehead atoms. The van der Waals surface area contributed by atoms with Crippen molar-refractivity contribution in [3.63, 3.8) is 0 Å². The Morgan fingerprint density at radius 2 is 2.28 bits per heavy atom. The molecule has 0 unspecified atom stereocenters. The molecule has 0 radical (unpaired) electrons. The molecule has 18 heavy (non-hydrogen) atoms. The number of fused-ring (bicyclic) bond motifs is 1. The van der Waals surface area contributed by atoms with Crippen molar-refractivity contribution in [3.8, 4) is 0 Å². The van der Waals surface area contributed by atoms with E-state index in [1.54, 1.807) is 0 Å². The van der Waals surface area contributed by atoms with Gasteiger partial charge >= 0.3 is 0 Å². The molecule has 2 heterocycles. The van der Waals surface area contributed by atoms with E-state index in [-0.39, 0.29) is 6.10 Å². The van der Waals surface area contributed by atoms with E-state index in [0.717, 1.165) is 30.4 Å². The quantitative estimate of drug-likeness (QED) is 0.844. The molecule has 0 amide bonds. The maximum absolute atomic E-state index is 6.20. The zero-order valence-electron chi connectivity index (χ0n) is 10.0. The summed E-state index contributed by atoms with van der Waals surface area (Å²) in [6, 6.07) is 7.80. The van der Waals surface area contributed by atoms with E-state index in [2.05, 4.69) is 4.98 Å². The Morgan fingerprint density at radius 1 is 1.44 bits per heavy atom. The molecule has 1 aromatic heterocycles. The van der Waals surface area contributed by atoms with Crippen LogP contribution in [0, 0.1) is 4.77 Å². The number of nitrogens with zero attached hydrogens (tertiary/aromatic N) is 2. The van der Waals surface area contributed by atoms with Crippen molar-refractivity contribution >= 4 is 28.9 Å². The van der Waals surface area contributed by atoms with Gasteiger partial charge in [-0.15, -0.1) is 0 Å². The van der Waals surface area contributed by atoms with Crippen molar-refractivity contribution < 1.29 is 4.74 Å². The smallest absolute Gasteiger partial charge is 0.201 e. The largest absolute Gasteiger partial charge is 0.384 e. The van der Waals surface area contributed by atoms with Gasteiger partial charge in [0.15, 0.2) is 0 Å². The van der Waals surface area contributed by atoms with Crippen molar-refractivity contribution in [2.24, 2.45) is 0 Å². The van der Waals surface area contributed by atoms with Gasteiger partial charge in [-0.05, 0) is 37.2 Å². The molecule has 1 fully saturated rings. The molecule has 1 aliphatic rings. The summed E-state index contributed by atoms with van der Waals surface area (Å²) in [7, 11) is 0. The van der Waals surface area contributed by atoms with Crippen molar-refractivity contribution in [3.05, 3.63) is 29.0 Å². The number of nitrogens with two attached hydrogens (primary N) is 1. The van der Waals surface area contributed by atoms with Gasteiger partial charge in [-0.25, -0.2) is 4.98 Å². The van der Waals surface area contributed by atoms with Crippen LogP contribution in [-0.2, 0) is 11.3 Å². The molecule has 94 valence electrons. The molecule has 2 N–H and O–H groups in total. The molecule has 3 rings (SSSR count). The number of aromatic nitrogens is 2. The van der Waals surface area contributed by atoms with Gasteiger partial charge in [0.1, 0.15) is 5.82 Å². The molecule has 1 aromatic carbocycles. The SMILES string of the molecule is Nc1c2ccccc2nc(=S)n1C[C@@H]1CCCO1. The van der Waals surface area contributed by atoms with Crippen molar-refractivity contribution in [1.82, 2.24) is 9.55 Å². The first-order valence-corrected chi connectivity index (χ1v) is 6.53. The van der Waals surface area contributed by atoms with Gasteiger partial charge in [-0.1, -0.05) is 12.1 Å². The molecule has 0 spiro atoms. The lowest BCUT2D eigenvalue weighted by molar-refractivity contribution is 0.0969. The Morgan fingerprint density at radius 3 is 3.06 bits per heavy atom. The molecule has 1 atom stereocenters. The molecule has 0 saturated carbocycles. The van der Waals surface area contributed by atoms with Crippen molar-refractivity contribution in [1.29, 1.82) is 0 Å². The van der Waals surface area contributed by atoms with E-state index in [9.17, 15) is 0 Å². The fourth-order valence-electron chi connectivity index (χ4n) is 2.37. The van der Waals surface area contributed by atoms with Gasteiger partial charge < -0.3 is 15.0 Å². The number of anilines is 1. The summed E-state index contributed by atoms with van der Waals surface area (Å²) in [6.45, 7) is 1.53. The first-order chi connectivity index (χ1) is 8.75. The second kappa shape index (κ2) is 4.66. The van der Waals surface area contributed by atoms with Gasteiger partial charge in [-0.3, -0.25) is 0 Å². The molecule has 1 saturated heterocycles. The van der Waals surface area contributed by atoms with Crippen LogP contribution >= 0.6 is 12.2 Å². The van der Waals surface area contributed by atoms with Crippen LogP contribution in [0.25, 0.3) is 10.9 Å². The standard InChI is InChI=1S/C13H15N3OS/c14-12-10-5-1-2-6-11(10)15-13(18)16(12)8-9-4-3-7-17-9/h1-2,5-6,9H,3-4,7-8,14H2/t9-/m0/s1. The second-order valence-corrected chi connectivity index (χ2v) is 4.91. The first-order valence-electron chi connectivity index (χ1n) is 6.12. The average molecular weight is 261 g/mol. The lowest BCUT2D eigenvalue weighted by Gasteiger charge is -2.16. The number of hydrogen-bond donors (Lipinski definition) is 1. The predicted octanol–water partition coefficient (Wildman–Crippen LogP) is 2.53. The van der Waals surface area contributed by atoms with E-state index in [1.807, 2.05) is 28.8 Å². The maximum Gasteiger partial charge on any atom is 0.201 e. The molecular formula is C13H15N3OS. The zero-order valence-corrected chi connectivity index (χ0v) is 10.8. The van der Waals surface area contributed by atoms with Crippen LogP contribution < -0.4 is 5.73 Å². The number of para-hydroxylation sites is 1. The van der Waals surface area contributed by atoms with Crippen LogP contribution in [0.1, 0.15) is 12.8 Å². The molecule has 2 aromatic rings. The van der Waals surface area contributed by atoms with Crippen LogP contribution in [-0.4, -0.2) is 22.3 Å². The summed E-state index contributed by atoms with van der Waals surface area (Å²) in [5.74, 6) is 0.682. The number of rotatable bonds is 2. The highest BCUT2D eigenvalue weighted by Gasteiger charge is 2.17. The molecular weight excluding hydrogens is 246 g/mol. The maximum atomic E-state index is 6.20. The highest BCUT2D eigenvalue weighted by Crippen LogP contribution is 2.22. The van der Waals surface area contributed by atoms with Gasteiger partial charge in [0, 0.05) is 12.0 Å². The van der Waals surface area contributed by atoms with Gasteiger partial charge in [-0.2, -0.15) is 0 Å². The summed E-state index contributed by atoms with van der Waals surface area (Å²) in [6.07, 6.45) is 2.38. The summed E-state index contributed by atoms with van der Waals surface area (Å²) >= 11 is 5.32. The van der Waals surface area contributed by atoms with Crippen LogP contribution in [0.15, 0.2) is 24.3 Å².